The summed E-state index contributed by atoms with van der Waals surface area (Å²) < 4.78 is 26.0. The van der Waals surface area contributed by atoms with Crippen molar-refractivity contribution in [1.82, 2.24) is 0 Å². The highest BCUT2D eigenvalue weighted by atomic mass is 31.2. The fourth-order valence-corrected chi connectivity index (χ4v) is 1.86. The molecule has 110 valence electrons. The molecule has 0 aliphatic heterocycles. The van der Waals surface area contributed by atoms with Crippen LogP contribution in [-0.4, -0.2) is 19.8 Å². The van der Waals surface area contributed by atoms with Crippen LogP contribution in [0.3, 0.4) is 0 Å². The van der Waals surface area contributed by atoms with E-state index in [-0.39, 0.29) is 19.8 Å². The summed E-state index contributed by atoms with van der Waals surface area (Å²) in [5.74, 6) is 5.54. The van der Waals surface area contributed by atoms with Crippen LogP contribution >= 0.6 is 7.82 Å². The fourth-order valence-electron chi connectivity index (χ4n) is 1.06. The largest absolute Gasteiger partial charge is 0.530 e. The Morgan fingerprint density at radius 2 is 1.65 bits per heavy atom. The summed E-state index contributed by atoms with van der Waals surface area (Å²) in [4.78, 5) is 9.14. The van der Waals surface area contributed by atoms with Crippen LogP contribution in [0.25, 0.3) is 0 Å². The first-order valence-corrected chi connectivity index (χ1v) is 7.57. The van der Waals surface area contributed by atoms with Crippen molar-refractivity contribution in [2.24, 2.45) is 0 Å². The normalized spacial score (nSPS) is 10.9. The number of phosphoric acid groups is 1. The van der Waals surface area contributed by atoms with E-state index in [9.17, 15) is 4.57 Å². The molecular formula is C13H17O6P. The van der Waals surface area contributed by atoms with Gasteiger partial charge in [-0.2, -0.15) is 0 Å². The van der Waals surface area contributed by atoms with Gasteiger partial charge in [0, 0.05) is 5.56 Å². The van der Waals surface area contributed by atoms with E-state index >= 15 is 0 Å². The molecule has 6 nitrogen and oxygen atoms in total. The predicted octanol–water partition coefficient (Wildman–Crippen LogP) is 3.10. The summed E-state index contributed by atoms with van der Waals surface area (Å²) in [6, 6.07) is 9.32. The Balaban J connectivity index is 2.50. The van der Waals surface area contributed by atoms with Crippen molar-refractivity contribution in [2.45, 2.75) is 13.8 Å². The molecule has 0 radical (unpaired) electrons. The number of hydrogen-bond acceptors (Lipinski definition) is 6. The Bertz CT molecular complexity index is 467. The summed E-state index contributed by atoms with van der Waals surface area (Å²) in [6.45, 7) is 3.57. The Labute approximate surface area is 118 Å². The molecule has 1 aromatic carbocycles. The molecule has 1 rings (SSSR count). The van der Waals surface area contributed by atoms with Gasteiger partial charge in [-0.25, -0.2) is 14.3 Å². The number of rotatable bonds is 8. The van der Waals surface area contributed by atoms with Crippen LogP contribution in [0.4, 0.5) is 0 Å². The SMILES string of the molecule is CCOOP(=O)(OCC#Cc1ccccc1)OOCC. The number of hydrogen-bond donors (Lipinski definition) is 0. The molecule has 0 bridgehead atoms. The number of benzene rings is 1. The second-order valence-corrected chi connectivity index (χ2v) is 4.80. The third kappa shape index (κ3) is 6.83. The maximum absolute atomic E-state index is 12.0. The molecule has 0 saturated carbocycles. The maximum atomic E-state index is 12.0. The van der Waals surface area contributed by atoms with E-state index < -0.39 is 7.82 Å². The molecule has 0 amide bonds. The van der Waals surface area contributed by atoms with Gasteiger partial charge in [0.15, 0.2) is 0 Å². The lowest BCUT2D eigenvalue weighted by atomic mass is 10.2. The minimum atomic E-state index is -3.92. The summed E-state index contributed by atoms with van der Waals surface area (Å²) >= 11 is 0. The van der Waals surface area contributed by atoms with Crippen molar-refractivity contribution in [3.05, 3.63) is 35.9 Å². The van der Waals surface area contributed by atoms with E-state index in [1.54, 1.807) is 13.8 Å². The summed E-state index contributed by atoms with van der Waals surface area (Å²) in [5, 5.41) is 0. The van der Waals surface area contributed by atoms with Crippen molar-refractivity contribution in [3.63, 3.8) is 0 Å². The lowest BCUT2D eigenvalue weighted by Crippen LogP contribution is -2.02. The molecule has 0 unspecified atom stereocenters. The molecule has 0 aliphatic rings. The third-order valence-electron chi connectivity index (χ3n) is 1.83. The van der Waals surface area contributed by atoms with E-state index in [0.29, 0.717) is 0 Å². The molecule has 0 aromatic heterocycles. The van der Waals surface area contributed by atoms with Gasteiger partial charge in [0.05, 0.1) is 13.2 Å². The molecule has 0 aliphatic carbocycles. The lowest BCUT2D eigenvalue weighted by molar-refractivity contribution is -0.277. The van der Waals surface area contributed by atoms with Gasteiger partial charge in [-0.1, -0.05) is 30.0 Å². The van der Waals surface area contributed by atoms with Crippen LogP contribution in [-0.2, 0) is 28.2 Å². The van der Waals surface area contributed by atoms with Crippen molar-refractivity contribution >= 4 is 7.82 Å². The van der Waals surface area contributed by atoms with Crippen molar-refractivity contribution in [1.29, 1.82) is 0 Å². The van der Waals surface area contributed by atoms with Gasteiger partial charge in [0.25, 0.3) is 0 Å². The molecule has 0 spiro atoms. The Hall–Kier alpha value is -1.19. The van der Waals surface area contributed by atoms with Crippen LogP contribution in [0.1, 0.15) is 19.4 Å². The monoisotopic (exact) mass is 300 g/mol. The Kier molecular flexibility index (Phi) is 8.16. The second-order valence-electron chi connectivity index (χ2n) is 3.35. The van der Waals surface area contributed by atoms with Gasteiger partial charge in [-0.3, -0.25) is 4.52 Å². The first kappa shape index (κ1) is 16.9. The minimum Gasteiger partial charge on any atom is -0.271 e. The Morgan fingerprint density at radius 3 is 2.20 bits per heavy atom. The van der Waals surface area contributed by atoms with E-state index in [0.717, 1.165) is 5.56 Å². The van der Waals surface area contributed by atoms with Crippen LogP contribution in [0, 0.1) is 11.8 Å². The van der Waals surface area contributed by atoms with Gasteiger partial charge in [-0.05, 0) is 26.0 Å². The van der Waals surface area contributed by atoms with Crippen molar-refractivity contribution in [3.8, 4) is 11.8 Å². The first-order chi connectivity index (χ1) is 9.70. The smallest absolute Gasteiger partial charge is 0.271 e. The maximum Gasteiger partial charge on any atom is 0.530 e. The minimum absolute atomic E-state index is 0.147. The summed E-state index contributed by atoms with van der Waals surface area (Å²) in [7, 11) is -3.92. The molecule has 0 heterocycles. The second kappa shape index (κ2) is 9.67. The van der Waals surface area contributed by atoms with Crippen LogP contribution in [0.5, 0.6) is 0 Å². The molecule has 0 saturated heterocycles. The van der Waals surface area contributed by atoms with Gasteiger partial charge < -0.3 is 0 Å². The van der Waals surface area contributed by atoms with E-state index in [1.807, 2.05) is 30.3 Å². The average Bonchev–Trinajstić information content (AvgIpc) is 2.49. The first-order valence-electron chi connectivity index (χ1n) is 6.11. The van der Waals surface area contributed by atoms with Crippen LogP contribution in [0.2, 0.25) is 0 Å². The summed E-state index contributed by atoms with van der Waals surface area (Å²) in [6.07, 6.45) is 0. The highest BCUT2D eigenvalue weighted by Gasteiger charge is 2.29. The van der Waals surface area contributed by atoms with Gasteiger partial charge in [0.2, 0.25) is 0 Å². The lowest BCUT2D eigenvalue weighted by Gasteiger charge is -2.13. The zero-order valence-corrected chi connectivity index (χ0v) is 12.3. The van der Waals surface area contributed by atoms with Crippen LogP contribution < -0.4 is 0 Å². The third-order valence-corrected chi connectivity index (χ3v) is 2.85. The molecule has 7 heteroatoms. The molecule has 0 fully saturated rings. The highest BCUT2D eigenvalue weighted by Crippen LogP contribution is 2.49. The molecule has 0 N–H and O–H groups in total. The molecule has 1 aromatic rings. The highest BCUT2D eigenvalue weighted by molar-refractivity contribution is 7.48. The molecular weight excluding hydrogens is 283 g/mol. The van der Waals surface area contributed by atoms with Crippen molar-refractivity contribution < 1.29 is 28.2 Å². The zero-order valence-electron chi connectivity index (χ0n) is 11.4. The van der Waals surface area contributed by atoms with Crippen molar-refractivity contribution in [2.75, 3.05) is 19.8 Å². The molecule has 0 atom stereocenters. The van der Waals surface area contributed by atoms with E-state index in [4.69, 9.17) is 4.52 Å². The topological polar surface area (TPSA) is 63.2 Å². The van der Waals surface area contributed by atoms with Gasteiger partial charge in [-0.15, -0.1) is 9.35 Å². The average molecular weight is 300 g/mol. The van der Waals surface area contributed by atoms with Gasteiger partial charge in [0.1, 0.15) is 6.61 Å². The zero-order chi connectivity index (χ0) is 14.7. The quantitative estimate of drug-likeness (QED) is 0.318. The standard InChI is InChI=1S/C13H17O6P/c1-3-15-18-20(14,19-16-4-2)17-12-8-11-13-9-6-5-7-10-13/h5-7,9-10H,3-4,12H2,1-2H3. The van der Waals surface area contributed by atoms with E-state index in [1.165, 1.54) is 0 Å². The molecule has 20 heavy (non-hydrogen) atoms. The van der Waals surface area contributed by atoms with E-state index in [2.05, 4.69) is 31.0 Å². The van der Waals surface area contributed by atoms with Gasteiger partial charge >= 0.3 is 7.82 Å². The fraction of sp³-hybridized carbons (Fsp3) is 0.385. The van der Waals surface area contributed by atoms with Crippen LogP contribution in [0.15, 0.2) is 30.3 Å². The predicted molar refractivity (Wildman–Crippen MR) is 72.3 cm³/mol. The summed E-state index contributed by atoms with van der Waals surface area (Å²) in [5.41, 5.74) is 0.822. The Morgan fingerprint density at radius 1 is 1.05 bits per heavy atom.